The number of likely N-dealkylation sites (N-methyl/N-ethyl adjacent to an activating group) is 1. The molecule has 3 heteroatoms. The predicted octanol–water partition coefficient (Wildman–Crippen LogP) is 1.81. The number of hydrogen-bond acceptors (Lipinski definition) is 3. The zero-order valence-corrected chi connectivity index (χ0v) is 9.34. The molecule has 0 amide bonds. The Labute approximate surface area is 90.8 Å². The van der Waals surface area contributed by atoms with E-state index in [1.165, 1.54) is 17.7 Å². The number of methoxy groups -OCH3 is 1. The number of anilines is 1. The third-order valence-electron chi connectivity index (χ3n) is 2.96. The first kappa shape index (κ1) is 10.3. The topological polar surface area (TPSA) is 33.3 Å². The van der Waals surface area contributed by atoms with Crippen molar-refractivity contribution in [3.8, 4) is 5.75 Å². The van der Waals surface area contributed by atoms with Crippen molar-refractivity contribution in [2.75, 3.05) is 32.6 Å². The van der Waals surface area contributed by atoms with Gasteiger partial charge >= 0.3 is 0 Å². The summed E-state index contributed by atoms with van der Waals surface area (Å²) >= 11 is 0. The smallest absolute Gasteiger partial charge is 0.120 e. The molecule has 1 aromatic rings. The highest BCUT2D eigenvalue weighted by molar-refractivity contribution is 5.58. The van der Waals surface area contributed by atoms with Crippen LogP contribution in [-0.2, 0) is 0 Å². The molecule has 82 valence electrons. The van der Waals surface area contributed by atoms with Crippen LogP contribution >= 0.6 is 0 Å². The van der Waals surface area contributed by atoms with Crippen molar-refractivity contribution in [3.63, 3.8) is 0 Å². The van der Waals surface area contributed by atoms with Gasteiger partial charge in [-0.25, -0.2) is 0 Å². The molecule has 1 aromatic carbocycles. The molecule has 0 saturated heterocycles. The highest BCUT2D eigenvalue weighted by Crippen LogP contribution is 2.33. The molecule has 15 heavy (non-hydrogen) atoms. The molecule has 2 rings (SSSR count). The maximum absolute atomic E-state index is 5.22. The summed E-state index contributed by atoms with van der Waals surface area (Å²) < 4.78 is 5.22. The summed E-state index contributed by atoms with van der Waals surface area (Å²) in [6.45, 7) is 2.09. The summed E-state index contributed by atoms with van der Waals surface area (Å²) in [5.74, 6) is 1.54. The number of fused-ring (bicyclic) bond motifs is 1. The van der Waals surface area contributed by atoms with Gasteiger partial charge in [0.2, 0.25) is 0 Å². The first-order valence-corrected chi connectivity index (χ1v) is 5.41. The second-order valence-electron chi connectivity index (χ2n) is 3.92. The van der Waals surface area contributed by atoms with Crippen LogP contribution in [0.15, 0.2) is 18.2 Å². The Hall–Kier alpha value is -1.22. The standard InChI is InChI=1S/C12H18N2O/c1-13-8-9-5-6-14-12-7-10(15-2)3-4-11(9)12/h3-4,7,9,13-14H,5-6,8H2,1-2H3. The number of benzene rings is 1. The fourth-order valence-electron chi connectivity index (χ4n) is 2.17. The van der Waals surface area contributed by atoms with Gasteiger partial charge < -0.3 is 15.4 Å². The SMILES string of the molecule is CNCC1CCNc2cc(OC)ccc21. The van der Waals surface area contributed by atoms with Gasteiger partial charge in [-0.3, -0.25) is 0 Å². The van der Waals surface area contributed by atoms with E-state index in [1.54, 1.807) is 7.11 Å². The van der Waals surface area contributed by atoms with Gasteiger partial charge in [-0.2, -0.15) is 0 Å². The Morgan fingerprint density at radius 2 is 2.40 bits per heavy atom. The quantitative estimate of drug-likeness (QED) is 0.791. The molecule has 1 unspecified atom stereocenters. The Bertz CT molecular complexity index is 338. The minimum absolute atomic E-state index is 0.622. The van der Waals surface area contributed by atoms with Crippen LogP contribution in [0, 0.1) is 0 Å². The normalized spacial score (nSPS) is 19.2. The molecule has 0 bridgehead atoms. The molecule has 0 aromatic heterocycles. The van der Waals surface area contributed by atoms with Gasteiger partial charge in [0.15, 0.2) is 0 Å². The van der Waals surface area contributed by atoms with Crippen LogP contribution in [0.25, 0.3) is 0 Å². The zero-order valence-electron chi connectivity index (χ0n) is 9.34. The third kappa shape index (κ3) is 2.07. The minimum Gasteiger partial charge on any atom is -0.497 e. The van der Waals surface area contributed by atoms with E-state index in [4.69, 9.17) is 4.74 Å². The Balaban J connectivity index is 2.28. The average Bonchev–Trinajstić information content (AvgIpc) is 2.29. The summed E-state index contributed by atoms with van der Waals surface area (Å²) in [4.78, 5) is 0. The van der Waals surface area contributed by atoms with Crippen LogP contribution < -0.4 is 15.4 Å². The number of nitrogens with one attached hydrogen (secondary N) is 2. The van der Waals surface area contributed by atoms with Crippen molar-refractivity contribution < 1.29 is 4.74 Å². The first-order chi connectivity index (χ1) is 7.35. The fourth-order valence-corrected chi connectivity index (χ4v) is 2.17. The van der Waals surface area contributed by atoms with E-state index in [0.29, 0.717) is 5.92 Å². The van der Waals surface area contributed by atoms with Gasteiger partial charge in [-0.15, -0.1) is 0 Å². The van der Waals surface area contributed by atoms with Crippen molar-refractivity contribution in [1.29, 1.82) is 0 Å². The van der Waals surface area contributed by atoms with Crippen LogP contribution in [0.1, 0.15) is 17.9 Å². The Morgan fingerprint density at radius 3 is 3.13 bits per heavy atom. The van der Waals surface area contributed by atoms with Crippen molar-refractivity contribution in [1.82, 2.24) is 5.32 Å². The van der Waals surface area contributed by atoms with Crippen LogP contribution in [0.3, 0.4) is 0 Å². The summed E-state index contributed by atoms with van der Waals surface area (Å²) in [5.41, 5.74) is 2.62. The summed E-state index contributed by atoms with van der Waals surface area (Å²) in [6.07, 6.45) is 1.19. The predicted molar refractivity (Wildman–Crippen MR) is 62.8 cm³/mol. The van der Waals surface area contributed by atoms with E-state index in [0.717, 1.165) is 18.8 Å². The molecule has 0 fully saturated rings. The van der Waals surface area contributed by atoms with Crippen LogP contribution in [0.4, 0.5) is 5.69 Å². The summed E-state index contributed by atoms with van der Waals surface area (Å²) in [5, 5.41) is 6.67. The summed E-state index contributed by atoms with van der Waals surface area (Å²) in [7, 11) is 3.71. The van der Waals surface area contributed by atoms with Crippen molar-refractivity contribution in [2.24, 2.45) is 0 Å². The second-order valence-corrected chi connectivity index (χ2v) is 3.92. The molecule has 0 aliphatic carbocycles. The molecule has 2 N–H and O–H groups in total. The molecule has 1 atom stereocenters. The van der Waals surface area contributed by atoms with Gasteiger partial charge in [0.05, 0.1) is 7.11 Å². The van der Waals surface area contributed by atoms with Crippen molar-refractivity contribution in [3.05, 3.63) is 23.8 Å². The molecule has 3 nitrogen and oxygen atoms in total. The van der Waals surface area contributed by atoms with Gasteiger partial charge in [0.1, 0.15) is 5.75 Å². The summed E-state index contributed by atoms with van der Waals surface area (Å²) in [6, 6.07) is 6.29. The van der Waals surface area contributed by atoms with Crippen molar-refractivity contribution >= 4 is 5.69 Å². The van der Waals surface area contributed by atoms with Gasteiger partial charge in [-0.05, 0) is 25.1 Å². The second kappa shape index (κ2) is 4.53. The maximum atomic E-state index is 5.22. The molecular weight excluding hydrogens is 188 g/mol. The van der Waals surface area contributed by atoms with E-state index in [-0.39, 0.29) is 0 Å². The largest absolute Gasteiger partial charge is 0.497 e. The van der Waals surface area contributed by atoms with Gasteiger partial charge in [0.25, 0.3) is 0 Å². The molecule has 1 aliphatic heterocycles. The first-order valence-electron chi connectivity index (χ1n) is 5.41. The lowest BCUT2D eigenvalue weighted by Crippen LogP contribution is -2.24. The Kier molecular flexibility index (Phi) is 3.11. The van der Waals surface area contributed by atoms with Gasteiger partial charge in [0, 0.05) is 30.8 Å². The van der Waals surface area contributed by atoms with E-state index in [9.17, 15) is 0 Å². The van der Waals surface area contributed by atoms with E-state index in [1.807, 2.05) is 13.1 Å². The maximum Gasteiger partial charge on any atom is 0.120 e. The van der Waals surface area contributed by atoms with E-state index < -0.39 is 0 Å². The molecule has 0 saturated carbocycles. The zero-order chi connectivity index (χ0) is 10.7. The van der Waals surface area contributed by atoms with Crippen LogP contribution in [-0.4, -0.2) is 27.2 Å². The van der Waals surface area contributed by atoms with Crippen LogP contribution in [0.2, 0.25) is 0 Å². The van der Waals surface area contributed by atoms with Crippen molar-refractivity contribution in [2.45, 2.75) is 12.3 Å². The highest BCUT2D eigenvalue weighted by atomic mass is 16.5. The molecule has 0 spiro atoms. The third-order valence-corrected chi connectivity index (χ3v) is 2.96. The van der Waals surface area contributed by atoms with E-state index in [2.05, 4.69) is 22.8 Å². The molecule has 1 aliphatic rings. The number of ether oxygens (including phenoxy) is 1. The monoisotopic (exact) mass is 206 g/mol. The minimum atomic E-state index is 0.622. The van der Waals surface area contributed by atoms with E-state index >= 15 is 0 Å². The number of rotatable bonds is 3. The highest BCUT2D eigenvalue weighted by Gasteiger charge is 2.19. The van der Waals surface area contributed by atoms with Gasteiger partial charge in [-0.1, -0.05) is 6.07 Å². The molecule has 0 radical (unpaired) electrons. The lowest BCUT2D eigenvalue weighted by Gasteiger charge is -2.26. The Morgan fingerprint density at radius 1 is 1.53 bits per heavy atom. The molecular formula is C12H18N2O. The lowest BCUT2D eigenvalue weighted by atomic mass is 9.91. The fraction of sp³-hybridized carbons (Fsp3) is 0.500. The molecule has 1 heterocycles. The average molecular weight is 206 g/mol. The lowest BCUT2D eigenvalue weighted by molar-refractivity contribution is 0.414. The number of hydrogen-bond donors (Lipinski definition) is 2. The van der Waals surface area contributed by atoms with Crippen LogP contribution in [0.5, 0.6) is 5.75 Å².